The Morgan fingerprint density at radius 1 is 1.25 bits per heavy atom. The summed E-state index contributed by atoms with van der Waals surface area (Å²) in [6, 6.07) is 2.85. The van der Waals surface area contributed by atoms with Crippen LogP contribution in [0.2, 0.25) is 0 Å². The zero-order valence-electron chi connectivity index (χ0n) is 21.0. The van der Waals surface area contributed by atoms with Gasteiger partial charge in [-0.15, -0.1) is 11.8 Å². The zero-order valence-corrected chi connectivity index (χ0v) is 21.8. The predicted molar refractivity (Wildman–Crippen MR) is 146 cm³/mol. The Bertz CT molecular complexity index is 1170. The lowest BCUT2D eigenvalue weighted by Gasteiger charge is -2.33. The number of H-pyrrole nitrogens is 1. The molecule has 0 amide bonds. The number of hydrogen-bond acceptors (Lipinski definition) is 7. The maximum Gasteiger partial charge on any atom is 0.194 e. The van der Waals surface area contributed by atoms with Gasteiger partial charge in [0.05, 0.1) is 11.4 Å². The van der Waals surface area contributed by atoms with E-state index in [1.54, 1.807) is 37.0 Å². The molecule has 0 aliphatic carbocycles. The van der Waals surface area contributed by atoms with Crippen LogP contribution >= 0.6 is 11.8 Å². The fourth-order valence-corrected chi connectivity index (χ4v) is 4.46. The number of rotatable bonds is 11. The smallest absolute Gasteiger partial charge is 0.194 e. The number of aromatic nitrogens is 1. The minimum absolute atomic E-state index is 0.256. The molecular formula is C25H33F2N7OS. The molecule has 0 unspecified atom stereocenters. The number of nitrogens with one attached hydrogen (secondary N) is 2. The number of aryl methyl sites for hydroxylation is 1. The van der Waals surface area contributed by atoms with Crippen LogP contribution < -0.4 is 10.1 Å². The van der Waals surface area contributed by atoms with Crippen molar-refractivity contribution in [1.82, 2.24) is 20.1 Å². The minimum atomic E-state index is -0.783. The maximum atomic E-state index is 14.9. The number of allylic oxidation sites excluding steroid dienone is 1. The van der Waals surface area contributed by atoms with Crippen LogP contribution in [0.3, 0.4) is 0 Å². The van der Waals surface area contributed by atoms with Gasteiger partial charge in [0.2, 0.25) is 0 Å². The first-order valence-electron chi connectivity index (χ1n) is 11.6. The molecule has 3 rings (SSSR count). The Morgan fingerprint density at radius 3 is 2.67 bits per heavy atom. The molecular weight excluding hydrogens is 484 g/mol. The lowest BCUT2D eigenvalue weighted by Crippen LogP contribution is -2.47. The summed E-state index contributed by atoms with van der Waals surface area (Å²) in [6.45, 7) is 13.9. The van der Waals surface area contributed by atoms with Gasteiger partial charge in [0.25, 0.3) is 0 Å². The molecule has 0 atom stereocenters. The third-order valence-corrected chi connectivity index (χ3v) is 6.75. The highest BCUT2D eigenvalue weighted by Crippen LogP contribution is 2.30. The monoisotopic (exact) mass is 517 g/mol. The highest BCUT2D eigenvalue weighted by Gasteiger charge is 2.19. The number of benzene rings is 1. The van der Waals surface area contributed by atoms with E-state index in [9.17, 15) is 8.78 Å². The molecule has 0 saturated carbocycles. The molecule has 1 aliphatic heterocycles. The number of piperazine rings is 1. The van der Waals surface area contributed by atoms with Crippen molar-refractivity contribution >= 4 is 41.9 Å². The van der Waals surface area contributed by atoms with E-state index < -0.39 is 17.4 Å². The van der Waals surface area contributed by atoms with Crippen LogP contribution in [0.5, 0.6) is 5.75 Å². The second kappa shape index (κ2) is 13.2. The van der Waals surface area contributed by atoms with Crippen LogP contribution in [-0.2, 0) is 0 Å². The van der Waals surface area contributed by atoms with E-state index in [1.807, 2.05) is 6.92 Å². The van der Waals surface area contributed by atoms with Crippen LogP contribution in [0.25, 0.3) is 10.9 Å². The number of ether oxygens (including phenoxy) is 1. The second-order valence-electron chi connectivity index (χ2n) is 8.28. The maximum absolute atomic E-state index is 14.9. The van der Waals surface area contributed by atoms with Gasteiger partial charge in [0, 0.05) is 60.5 Å². The molecule has 0 bridgehead atoms. The first-order chi connectivity index (χ1) is 17.4. The van der Waals surface area contributed by atoms with Crippen molar-refractivity contribution in [3.63, 3.8) is 0 Å². The standard InChI is InChI=1S/C25H33F2N7OS/c1-6-18(14-28-3)36-16-31-22(29-4)13-23(34-9-7-33(5)8-10-34)30-15-35-25-20(26)12-21-19(24(25)27)11-17(2)32-21/h11-14,31-32H,3-4,6-10,15-16H2,1-2,5H3/b18-14-,22-13+,30-23+. The van der Waals surface area contributed by atoms with Crippen LogP contribution in [-0.4, -0.2) is 79.9 Å². The van der Waals surface area contributed by atoms with Crippen LogP contribution in [0.4, 0.5) is 8.78 Å². The summed E-state index contributed by atoms with van der Waals surface area (Å²) < 4.78 is 34.9. The number of aromatic amines is 1. The van der Waals surface area contributed by atoms with Crippen molar-refractivity contribution in [3.05, 3.63) is 52.5 Å². The number of aliphatic imine (C=N–C) groups is 3. The normalized spacial score (nSPS) is 15.9. The van der Waals surface area contributed by atoms with Crippen molar-refractivity contribution < 1.29 is 13.5 Å². The van der Waals surface area contributed by atoms with Gasteiger partial charge in [-0.05, 0) is 39.9 Å². The highest BCUT2D eigenvalue weighted by molar-refractivity contribution is 8.03. The molecule has 1 saturated heterocycles. The fraction of sp³-hybridized carbons (Fsp3) is 0.400. The van der Waals surface area contributed by atoms with Gasteiger partial charge < -0.3 is 24.8 Å². The number of likely N-dealkylation sites (N-methyl/N-ethyl adjacent to an activating group) is 1. The van der Waals surface area contributed by atoms with Gasteiger partial charge in [-0.25, -0.2) is 18.8 Å². The lowest BCUT2D eigenvalue weighted by molar-refractivity contribution is 0.214. The van der Waals surface area contributed by atoms with Gasteiger partial charge in [0.15, 0.2) is 24.1 Å². The Morgan fingerprint density at radius 2 is 2.00 bits per heavy atom. The zero-order chi connectivity index (χ0) is 26.1. The van der Waals surface area contributed by atoms with Gasteiger partial charge in [0.1, 0.15) is 11.7 Å². The average molecular weight is 518 g/mol. The van der Waals surface area contributed by atoms with Crippen molar-refractivity contribution in [2.45, 2.75) is 20.3 Å². The Labute approximate surface area is 214 Å². The van der Waals surface area contributed by atoms with Crippen LogP contribution in [0.15, 0.2) is 50.1 Å². The van der Waals surface area contributed by atoms with Crippen molar-refractivity contribution in [3.8, 4) is 5.75 Å². The summed E-state index contributed by atoms with van der Waals surface area (Å²) in [5.41, 5.74) is 1.12. The number of nitrogens with zero attached hydrogens (tertiary/aromatic N) is 5. The predicted octanol–water partition coefficient (Wildman–Crippen LogP) is 4.51. The second-order valence-corrected chi connectivity index (χ2v) is 9.38. The molecule has 2 heterocycles. The summed E-state index contributed by atoms with van der Waals surface area (Å²) >= 11 is 1.59. The van der Waals surface area contributed by atoms with Gasteiger partial charge >= 0.3 is 0 Å². The first-order valence-corrected chi connectivity index (χ1v) is 12.6. The Hall–Kier alpha value is -3.18. The largest absolute Gasteiger partial charge is 0.465 e. The van der Waals surface area contributed by atoms with E-state index >= 15 is 0 Å². The highest BCUT2D eigenvalue weighted by atomic mass is 32.2. The third kappa shape index (κ3) is 7.17. The summed E-state index contributed by atoms with van der Waals surface area (Å²) in [6.07, 6.45) is 4.35. The van der Waals surface area contributed by atoms with Crippen molar-refractivity contribution in [1.29, 1.82) is 0 Å². The van der Waals surface area contributed by atoms with Gasteiger partial charge in [-0.3, -0.25) is 4.99 Å². The molecule has 1 aromatic heterocycles. The topological polar surface area (TPSA) is 80.6 Å². The molecule has 1 aromatic carbocycles. The number of hydrogen-bond donors (Lipinski definition) is 2. The number of fused-ring (bicyclic) bond motifs is 1. The summed E-state index contributed by atoms with van der Waals surface area (Å²) in [5, 5.41) is 3.51. The van der Waals surface area contributed by atoms with E-state index in [2.05, 4.69) is 55.6 Å². The summed E-state index contributed by atoms with van der Waals surface area (Å²) in [7, 11) is 2.06. The lowest BCUT2D eigenvalue weighted by atomic mass is 10.2. The van der Waals surface area contributed by atoms with Crippen LogP contribution in [0.1, 0.15) is 19.0 Å². The SMILES string of the molecule is C=N/C=C(/CC)SCN/C(=C/C(=N\COc1c(F)cc2[nH]c(C)cc2c1F)N1CCN(C)CC1)N=C. The van der Waals surface area contributed by atoms with Crippen molar-refractivity contribution in [2.75, 3.05) is 45.8 Å². The van der Waals surface area contributed by atoms with Crippen LogP contribution in [0, 0.1) is 18.6 Å². The molecule has 8 nitrogen and oxygen atoms in total. The Kier molecular flexibility index (Phi) is 10.1. The first kappa shape index (κ1) is 27.4. The van der Waals surface area contributed by atoms with Gasteiger partial charge in [-0.2, -0.15) is 0 Å². The van der Waals surface area contributed by atoms with E-state index in [0.29, 0.717) is 23.1 Å². The van der Waals surface area contributed by atoms with Gasteiger partial charge in [-0.1, -0.05) is 6.92 Å². The quantitative estimate of drug-likeness (QED) is 0.260. The molecule has 0 radical (unpaired) electrons. The van der Waals surface area contributed by atoms with E-state index in [1.165, 1.54) is 6.07 Å². The Balaban J connectivity index is 1.78. The van der Waals surface area contributed by atoms with E-state index in [4.69, 9.17) is 4.74 Å². The fourth-order valence-electron chi connectivity index (χ4n) is 3.70. The van der Waals surface area contributed by atoms with E-state index in [-0.39, 0.29) is 12.1 Å². The molecule has 2 aromatic rings. The molecule has 194 valence electrons. The molecule has 2 N–H and O–H groups in total. The number of halogens is 2. The molecule has 0 spiro atoms. The minimum Gasteiger partial charge on any atom is -0.465 e. The molecule has 1 aliphatic rings. The summed E-state index contributed by atoms with van der Waals surface area (Å²) in [5.74, 6) is -0.292. The molecule has 1 fully saturated rings. The van der Waals surface area contributed by atoms with E-state index in [0.717, 1.165) is 43.2 Å². The molecule has 36 heavy (non-hydrogen) atoms. The molecule has 11 heteroatoms. The number of amidine groups is 1. The average Bonchev–Trinajstić information content (AvgIpc) is 3.24. The third-order valence-electron chi connectivity index (χ3n) is 5.70. The summed E-state index contributed by atoms with van der Waals surface area (Å²) in [4.78, 5) is 20.8. The van der Waals surface area contributed by atoms with Crippen molar-refractivity contribution in [2.24, 2.45) is 15.0 Å². The number of thioether (sulfide) groups is 1.